The minimum absolute atomic E-state index is 0.0788. The van der Waals surface area contributed by atoms with Crippen LogP contribution in [0.15, 0.2) is 42.0 Å². The quantitative estimate of drug-likeness (QED) is 0.476. The Kier molecular flexibility index (Phi) is 4.58. The van der Waals surface area contributed by atoms with Crippen molar-refractivity contribution in [3.63, 3.8) is 0 Å². The molecule has 0 saturated carbocycles. The Hall–Kier alpha value is -1.61. The van der Waals surface area contributed by atoms with E-state index in [0.717, 1.165) is 19.4 Å². The third kappa shape index (κ3) is 4.03. The Labute approximate surface area is 139 Å². The second-order valence-corrected chi connectivity index (χ2v) is 7.61. The number of hydrogen-bond acceptors (Lipinski definition) is 3. The van der Waals surface area contributed by atoms with Crippen molar-refractivity contribution in [1.82, 2.24) is 4.90 Å². The first-order valence-corrected chi connectivity index (χ1v) is 8.67. The second-order valence-electron chi connectivity index (χ2n) is 7.61. The van der Waals surface area contributed by atoms with Gasteiger partial charge in [0, 0.05) is 6.54 Å². The molecule has 3 nitrogen and oxygen atoms in total. The maximum atomic E-state index is 12.6. The number of esters is 1. The molecule has 1 heterocycles. The molecule has 124 valence electrons. The molecule has 0 N–H and O–H groups in total. The summed E-state index contributed by atoms with van der Waals surface area (Å²) >= 11 is 0. The van der Waals surface area contributed by atoms with E-state index in [0.29, 0.717) is 0 Å². The zero-order valence-corrected chi connectivity index (χ0v) is 14.4. The molecule has 1 aromatic carbocycles. The van der Waals surface area contributed by atoms with Gasteiger partial charge >= 0.3 is 5.97 Å². The van der Waals surface area contributed by atoms with E-state index < -0.39 is 5.60 Å². The molecule has 1 aromatic rings. The van der Waals surface area contributed by atoms with E-state index in [1.54, 1.807) is 0 Å². The van der Waals surface area contributed by atoms with E-state index in [2.05, 4.69) is 35.2 Å². The van der Waals surface area contributed by atoms with Gasteiger partial charge in [-0.2, -0.15) is 0 Å². The third-order valence-corrected chi connectivity index (χ3v) is 4.49. The van der Waals surface area contributed by atoms with E-state index in [-0.39, 0.29) is 18.1 Å². The van der Waals surface area contributed by atoms with Crippen LogP contribution in [0, 0.1) is 0 Å². The normalized spacial score (nSPS) is 27.3. The molecule has 3 atom stereocenters. The average Bonchev–Trinajstić information content (AvgIpc) is 3.21. The van der Waals surface area contributed by atoms with Crippen LogP contribution in [-0.2, 0) is 16.1 Å². The Morgan fingerprint density at radius 1 is 1.22 bits per heavy atom. The molecule has 0 bridgehead atoms. The van der Waals surface area contributed by atoms with Crippen molar-refractivity contribution in [3.05, 3.63) is 47.5 Å². The fourth-order valence-electron chi connectivity index (χ4n) is 3.44. The van der Waals surface area contributed by atoms with Gasteiger partial charge in [-0.05, 0) is 52.0 Å². The number of carbonyl (C=O) groups is 1. The summed E-state index contributed by atoms with van der Waals surface area (Å²) in [4.78, 5) is 14.9. The Balaban J connectivity index is 1.74. The predicted octanol–water partition coefficient (Wildman–Crippen LogP) is 4.08. The van der Waals surface area contributed by atoms with Crippen molar-refractivity contribution in [2.75, 3.05) is 0 Å². The molecule has 23 heavy (non-hydrogen) atoms. The monoisotopic (exact) mass is 313 g/mol. The van der Waals surface area contributed by atoms with Crippen molar-refractivity contribution >= 4 is 5.97 Å². The van der Waals surface area contributed by atoms with Crippen LogP contribution >= 0.6 is 0 Å². The van der Waals surface area contributed by atoms with Crippen LogP contribution in [0.5, 0.6) is 0 Å². The maximum Gasteiger partial charge on any atom is 0.325 e. The first-order chi connectivity index (χ1) is 11.0. The Morgan fingerprint density at radius 3 is 2.57 bits per heavy atom. The molecule has 1 saturated heterocycles. The number of allylic oxidation sites excluding steroid dienone is 1. The van der Waals surface area contributed by atoms with Crippen LogP contribution in [0.1, 0.15) is 52.0 Å². The molecule has 0 aromatic heterocycles. The van der Waals surface area contributed by atoms with Crippen molar-refractivity contribution in [2.24, 2.45) is 0 Å². The summed E-state index contributed by atoms with van der Waals surface area (Å²) in [5, 5.41) is 0. The van der Waals surface area contributed by atoms with Gasteiger partial charge in [-0.15, -0.1) is 0 Å². The van der Waals surface area contributed by atoms with Crippen LogP contribution in [0.25, 0.3) is 0 Å². The summed E-state index contributed by atoms with van der Waals surface area (Å²) in [6.07, 6.45) is 7.12. The van der Waals surface area contributed by atoms with Crippen molar-refractivity contribution < 1.29 is 9.53 Å². The zero-order chi connectivity index (χ0) is 16.4. The van der Waals surface area contributed by atoms with Crippen LogP contribution in [0.2, 0.25) is 0 Å². The topological polar surface area (TPSA) is 29.3 Å². The number of carbonyl (C=O) groups excluding carboxylic acids is 1. The lowest BCUT2D eigenvalue weighted by molar-refractivity contribution is -0.155. The van der Waals surface area contributed by atoms with Crippen LogP contribution in [0.4, 0.5) is 0 Å². The van der Waals surface area contributed by atoms with Gasteiger partial charge in [0.2, 0.25) is 0 Å². The minimum atomic E-state index is -0.427. The van der Waals surface area contributed by atoms with Crippen molar-refractivity contribution in [3.8, 4) is 0 Å². The lowest BCUT2D eigenvalue weighted by Crippen LogP contribution is -2.28. The summed E-state index contributed by atoms with van der Waals surface area (Å²) in [5.41, 5.74) is 2.26. The van der Waals surface area contributed by atoms with Crippen molar-refractivity contribution in [2.45, 2.75) is 70.7 Å². The highest BCUT2D eigenvalue weighted by atomic mass is 16.6. The standard InChI is InChI=1S/C20H27NO2/c1-20(2,3)23-19(22)18-17(16-12-8-5-9-13-16)21(18)14-15-10-6-4-7-11-15/h4,6-7,10-12,17-18H,5,8-9,13-14H2,1-3H3/t17-,18+,21?/m0/s1. The summed E-state index contributed by atoms with van der Waals surface area (Å²) in [5.74, 6) is -0.0788. The van der Waals surface area contributed by atoms with Gasteiger partial charge in [-0.25, -0.2) is 0 Å². The van der Waals surface area contributed by atoms with E-state index in [1.807, 2.05) is 26.8 Å². The minimum Gasteiger partial charge on any atom is -0.459 e. The number of benzene rings is 1. The van der Waals surface area contributed by atoms with Gasteiger partial charge in [0.15, 0.2) is 0 Å². The highest BCUT2D eigenvalue weighted by Crippen LogP contribution is 2.41. The predicted molar refractivity (Wildman–Crippen MR) is 92.0 cm³/mol. The maximum absolute atomic E-state index is 12.6. The average molecular weight is 313 g/mol. The van der Waals surface area contributed by atoms with Crippen molar-refractivity contribution in [1.29, 1.82) is 0 Å². The first-order valence-electron chi connectivity index (χ1n) is 8.67. The number of ether oxygens (including phenoxy) is 1. The zero-order valence-electron chi connectivity index (χ0n) is 14.4. The molecule has 0 amide bonds. The number of rotatable bonds is 4. The van der Waals surface area contributed by atoms with Gasteiger partial charge in [0.1, 0.15) is 11.6 Å². The number of nitrogens with zero attached hydrogens (tertiary/aromatic N) is 1. The molecule has 0 spiro atoms. The van der Waals surface area contributed by atoms with Crippen LogP contribution in [-0.4, -0.2) is 28.6 Å². The largest absolute Gasteiger partial charge is 0.459 e. The Bertz CT molecular complexity index is 585. The summed E-state index contributed by atoms with van der Waals surface area (Å²) in [7, 11) is 0. The van der Waals surface area contributed by atoms with Gasteiger partial charge in [0.25, 0.3) is 0 Å². The van der Waals surface area contributed by atoms with E-state index >= 15 is 0 Å². The fraction of sp³-hybridized carbons (Fsp3) is 0.550. The molecule has 1 fully saturated rings. The summed E-state index contributed by atoms with van der Waals surface area (Å²) in [6, 6.07) is 10.5. The lowest BCUT2D eigenvalue weighted by Gasteiger charge is -2.19. The molecular weight excluding hydrogens is 286 g/mol. The molecule has 1 aliphatic heterocycles. The molecular formula is C20H27NO2. The van der Waals surface area contributed by atoms with Gasteiger partial charge < -0.3 is 4.74 Å². The van der Waals surface area contributed by atoms with Crippen LogP contribution in [0.3, 0.4) is 0 Å². The van der Waals surface area contributed by atoms with Gasteiger partial charge in [0.05, 0.1) is 6.04 Å². The molecule has 1 unspecified atom stereocenters. The first kappa shape index (κ1) is 16.3. The summed E-state index contributed by atoms with van der Waals surface area (Å²) in [6.45, 7) is 6.61. The fourth-order valence-corrected chi connectivity index (χ4v) is 3.44. The van der Waals surface area contributed by atoms with E-state index in [4.69, 9.17) is 4.74 Å². The smallest absolute Gasteiger partial charge is 0.325 e. The highest BCUT2D eigenvalue weighted by molar-refractivity contribution is 5.82. The molecule has 2 aliphatic rings. The van der Waals surface area contributed by atoms with Gasteiger partial charge in [-0.1, -0.05) is 42.0 Å². The SMILES string of the molecule is CC(C)(C)OC(=O)[C@H]1[C@H](C2=CCCCC2)N1Cc1ccccc1. The molecule has 3 rings (SSSR count). The lowest BCUT2D eigenvalue weighted by atomic mass is 9.96. The van der Waals surface area contributed by atoms with E-state index in [1.165, 1.54) is 24.0 Å². The third-order valence-electron chi connectivity index (χ3n) is 4.49. The molecule has 0 radical (unpaired) electrons. The van der Waals surface area contributed by atoms with Crippen LogP contribution < -0.4 is 0 Å². The van der Waals surface area contributed by atoms with Gasteiger partial charge in [-0.3, -0.25) is 9.69 Å². The highest BCUT2D eigenvalue weighted by Gasteiger charge is 2.55. The number of hydrogen-bond donors (Lipinski definition) is 0. The molecule has 3 heteroatoms. The molecule has 1 aliphatic carbocycles. The van der Waals surface area contributed by atoms with E-state index in [9.17, 15) is 4.79 Å². The Morgan fingerprint density at radius 2 is 1.96 bits per heavy atom. The summed E-state index contributed by atoms with van der Waals surface area (Å²) < 4.78 is 5.64. The second kappa shape index (κ2) is 6.48.